The van der Waals surface area contributed by atoms with Crippen LogP contribution in [-0.4, -0.2) is 25.5 Å². The molecule has 0 radical (unpaired) electrons. The van der Waals surface area contributed by atoms with Crippen molar-refractivity contribution in [2.75, 3.05) is 24.5 Å². The van der Waals surface area contributed by atoms with Crippen molar-refractivity contribution in [2.45, 2.75) is 19.4 Å². The molecule has 3 N–H and O–H groups in total. The first kappa shape index (κ1) is 11.9. The first-order chi connectivity index (χ1) is 8.18. The zero-order chi connectivity index (χ0) is 12.3. The van der Waals surface area contributed by atoms with Gasteiger partial charge in [-0.1, -0.05) is 18.2 Å². The Morgan fingerprint density at radius 3 is 2.88 bits per heavy atom. The molecule has 0 aliphatic carbocycles. The molecule has 1 aromatic rings. The average Bonchev–Trinajstić information content (AvgIpc) is 2.54. The van der Waals surface area contributed by atoms with Gasteiger partial charge in [0.25, 0.3) is 0 Å². The first-order valence-electron chi connectivity index (χ1n) is 6.04. The van der Waals surface area contributed by atoms with Crippen molar-refractivity contribution in [3.8, 4) is 0 Å². The Kier molecular flexibility index (Phi) is 3.64. The lowest BCUT2D eigenvalue weighted by Gasteiger charge is -2.26. The number of nitrogens with zero attached hydrogens (tertiary/aromatic N) is 1. The van der Waals surface area contributed by atoms with Gasteiger partial charge in [-0.3, -0.25) is 4.79 Å². The first-order valence-corrected chi connectivity index (χ1v) is 6.04. The van der Waals surface area contributed by atoms with Gasteiger partial charge in [0.2, 0.25) is 5.91 Å². The van der Waals surface area contributed by atoms with Crippen LogP contribution in [0.2, 0.25) is 0 Å². The van der Waals surface area contributed by atoms with Crippen LogP contribution < -0.4 is 16.0 Å². The van der Waals surface area contributed by atoms with Crippen molar-refractivity contribution in [3.63, 3.8) is 0 Å². The highest BCUT2D eigenvalue weighted by molar-refractivity contribution is 5.77. The van der Waals surface area contributed by atoms with Crippen LogP contribution in [-0.2, 0) is 4.79 Å². The molecule has 1 aliphatic rings. The monoisotopic (exact) mass is 233 g/mol. The van der Waals surface area contributed by atoms with Crippen LogP contribution in [0.1, 0.15) is 24.9 Å². The molecule has 92 valence electrons. The summed E-state index contributed by atoms with van der Waals surface area (Å²) in [7, 11) is 0. The summed E-state index contributed by atoms with van der Waals surface area (Å²) in [6.45, 7) is 4.29. The smallest absolute Gasteiger partial charge is 0.221 e. The minimum absolute atomic E-state index is 0.0121. The highest BCUT2D eigenvalue weighted by Gasteiger charge is 2.17. The summed E-state index contributed by atoms with van der Waals surface area (Å²) in [5.41, 5.74) is 8.27. The third kappa shape index (κ3) is 2.77. The summed E-state index contributed by atoms with van der Waals surface area (Å²) in [5, 5.41) is 2.88. The molecule has 0 aromatic heterocycles. The van der Waals surface area contributed by atoms with Crippen molar-refractivity contribution >= 4 is 11.6 Å². The number of hydrogen-bond acceptors (Lipinski definition) is 3. The minimum atomic E-state index is 0.0121. The van der Waals surface area contributed by atoms with Gasteiger partial charge in [-0.25, -0.2) is 0 Å². The van der Waals surface area contributed by atoms with Gasteiger partial charge in [0, 0.05) is 37.8 Å². The Hall–Kier alpha value is -1.55. The number of anilines is 1. The Morgan fingerprint density at radius 1 is 1.35 bits per heavy atom. The van der Waals surface area contributed by atoms with Gasteiger partial charge in [-0.05, 0) is 18.6 Å². The number of carbonyl (C=O) groups excluding carboxylic acids is 1. The maximum Gasteiger partial charge on any atom is 0.221 e. The summed E-state index contributed by atoms with van der Waals surface area (Å²) >= 11 is 0. The van der Waals surface area contributed by atoms with Crippen LogP contribution in [0.3, 0.4) is 0 Å². The molecule has 1 heterocycles. The van der Waals surface area contributed by atoms with Gasteiger partial charge in [0.05, 0.1) is 0 Å². The molecule has 1 amide bonds. The predicted molar refractivity (Wildman–Crippen MR) is 68.9 cm³/mol. The van der Waals surface area contributed by atoms with E-state index in [0.29, 0.717) is 13.0 Å². The fourth-order valence-electron chi connectivity index (χ4n) is 2.17. The summed E-state index contributed by atoms with van der Waals surface area (Å²) < 4.78 is 0. The molecule has 0 unspecified atom stereocenters. The fourth-order valence-corrected chi connectivity index (χ4v) is 2.17. The number of para-hydroxylation sites is 1. The normalized spacial score (nSPS) is 18.5. The lowest BCUT2D eigenvalue weighted by Crippen LogP contribution is -2.29. The van der Waals surface area contributed by atoms with Crippen LogP contribution in [0.15, 0.2) is 24.3 Å². The van der Waals surface area contributed by atoms with E-state index < -0.39 is 0 Å². The molecule has 17 heavy (non-hydrogen) atoms. The van der Waals surface area contributed by atoms with Gasteiger partial charge < -0.3 is 16.0 Å². The molecule has 2 rings (SSSR count). The van der Waals surface area contributed by atoms with E-state index in [1.54, 1.807) is 0 Å². The number of amides is 1. The van der Waals surface area contributed by atoms with Gasteiger partial charge in [-0.2, -0.15) is 0 Å². The quantitative estimate of drug-likeness (QED) is 0.802. The SMILES string of the molecule is C[C@H](N)c1ccccc1N1CCNC(=O)CC1. The number of nitrogens with two attached hydrogens (primary N) is 1. The summed E-state index contributed by atoms with van der Waals surface area (Å²) in [4.78, 5) is 13.5. The topological polar surface area (TPSA) is 58.4 Å². The van der Waals surface area contributed by atoms with Crippen molar-refractivity contribution in [2.24, 2.45) is 5.73 Å². The molecule has 1 saturated heterocycles. The van der Waals surface area contributed by atoms with Crippen LogP contribution >= 0.6 is 0 Å². The lowest BCUT2D eigenvalue weighted by molar-refractivity contribution is -0.120. The number of carbonyl (C=O) groups is 1. The number of benzene rings is 1. The van der Waals surface area contributed by atoms with Crippen molar-refractivity contribution in [3.05, 3.63) is 29.8 Å². The maximum atomic E-state index is 11.3. The van der Waals surface area contributed by atoms with E-state index >= 15 is 0 Å². The zero-order valence-electron chi connectivity index (χ0n) is 10.1. The Bertz CT molecular complexity index is 403. The second kappa shape index (κ2) is 5.19. The molecular formula is C13H19N3O. The number of rotatable bonds is 2. The molecule has 0 bridgehead atoms. The Morgan fingerprint density at radius 2 is 2.12 bits per heavy atom. The second-order valence-corrected chi connectivity index (χ2v) is 4.43. The van der Waals surface area contributed by atoms with Crippen LogP contribution in [0, 0.1) is 0 Å². The molecule has 4 heteroatoms. The molecular weight excluding hydrogens is 214 g/mol. The van der Waals surface area contributed by atoms with E-state index in [4.69, 9.17) is 5.73 Å². The number of nitrogens with one attached hydrogen (secondary N) is 1. The third-order valence-corrected chi connectivity index (χ3v) is 3.08. The largest absolute Gasteiger partial charge is 0.369 e. The minimum Gasteiger partial charge on any atom is -0.369 e. The Labute approximate surface area is 102 Å². The summed E-state index contributed by atoms with van der Waals surface area (Å²) in [6.07, 6.45) is 0.549. The molecule has 1 aromatic carbocycles. The maximum absolute atomic E-state index is 11.3. The van der Waals surface area contributed by atoms with Gasteiger partial charge in [0.1, 0.15) is 0 Å². The molecule has 0 spiro atoms. The molecule has 1 aliphatic heterocycles. The Balaban J connectivity index is 2.23. The summed E-state index contributed by atoms with van der Waals surface area (Å²) in [6, 6.07) is 8.16. The van der Waals surface area contributed by atoms with Gasteiger partial charge in [-0.15, -0.1) is 0 Å². The van der Waals surface area contributed by atoms with Crippen LogP contribution in [0.25, 0.3) is 0 Å². The van der Waals surface area contributed by atoms with Crippen molar-refractivity contribution < 1.29 is 4.79 Å². The van der Waals surface area contributed by atoms with E-state index in [0.717, 1.165) is 24.3 Å². The molecule has 0 saturated carbocycles. The highest BCUT2D eigenvalue weighted by atomic mass is 16.1. The van der Waals surface area contributed by atoms with Gasteiger partial charge >= 0.3 is 0 Å². The van der Waals surface area contributed by atoms with E-state index in [1.165, 1.54) is 0 Å². The summed E-state index contributed by atoms with van der Waals surface area (Å²) in [5.74, 6) is 0.130. The lowest BCUT2D eigenvalue weighted by atomic mass is 10.1. The number of hydrogen-bond donors (Lipinski definition) is 2. The van der Waals surface area contributed by atoms with E-state index in [-0.39, 0.29) is 11.9 Å². The van der Waals surface area contributed by atoms with Crippen molar-refractivity contribution in [1.29, 1.82) is 0 Å². The predicted octanol–water partition coefficient (Wildman–Crippen LogP) is 1.03. The highest BCUT2D eigenvalue weighted by Crippen LogP contribution is 2.25. The standard InChI is InChI=1S/C13H19N3O/c1-10(14)11-4-2-3-5-12(11)16-8-6-13(17)15-7-9-16/h2-5,10H,6-9,14H2,1H3,(H,15,17)/t10-/m0/s1. The van der Waals surface area contributed by atoms with E-state index in [2.05, 4.69) is 22.3 Å². The molecule has 4 nitrogen and oxygen atoms in total. The second-order valence-electron chi connectivity index (χ2n) is 4.43. The third-order valence-electron chi connectivity index (χ3n) is 3.08. The van der Waals surface area contributed by atoms with E-state index in [1.807, 2.05) is 19.1 Å². The zero-order valence-corrected chi connectivity index (χ0v) is 10.1. The van der Waals surface area contributed by atoms with Crippen LogP contribution in [0.5, 0.6) is 0 Å². The fraction of sp³-hybridized carbons (Fsp3) is 0.462. The van der Waals surface area contributed by atoms with Crippen LogP contribution in [0.4, 0.5) is 5.69 Å². The average molecular weight is 233 g/mol. The van der Waals surface area contributed by atoms with Gasteiger partial charge in [0.15, 0.2) is 0 Å². The van der Waals surface area contributed by atoms with E-state index in [9.17, 15) is 4.79 Å². The van der Waals surface area contributed by atoms with Crippen molar-refractivity contribution in [1.82, 2.24) is 5.32 Å². The molecule has 1 atom stereocenters. The molecule has 1 fully saturated rings.